The van der Waals surface area contributed by atoms with Crippen molar-refractivity contribution in [3.8, 4) is 0 Å². The normalized spacial score (nSPS) is 10.8. The lowest BCUT2D eigenvalue weighted by Crippen LogP contribution is -2.36. The Labute approximate surface area is 124 Å². The fourth-order valence-corrected chi connectivity index (χ4v) is 1.67. The fourth-order valence-electron chi connectivity index (χ4n) is 1.17. The van der Waals surface area contributed by atoms with Crippen molar-refractivity contribution in [1.29, 1.82) is 0 Å². The molecule has 0 spiro atoms. The summed E-state index contributed by atoms with van der Waals surface area (Å²) in [4.78, 5) is 25.1. The lowest BCUT2D eigenvalue weighted by molar-refractivity contribution is -0.384. The third-order valence-corrected chi connectivity index (χ3v) is 2.26. The molecule has 0 radical (unpaired) electrons. The molecule has 0 saturated heterocycles. The molecular formula is C10H12Cl2N4O4. The van der Waals surface area contributed by atoms with E-state index >= 15 is 0 Å². The van der Waals surface area contributed by atoms with Crippen LogP contribution in [0.2, 0.25) is 10.3 Å². The standard InChI is InChI=1S/C10H12Cl2N4O4/c1-10(2,3)20-9(17)15-14-5-4-6(11)13-8(12)7(5)16(18)19/h4H,1-3H3,(H,13,14)(H,15,17). The fraction of sp³-hybridized carbons (Fsp3) is 0.400. The van der Waals surface area contributed by atoms with Crippen LogP contribution in [0.1, 0.15) is 20.8 Å². The molecule has 0 aliphatic heterocycles. The van der Waals surface area contributed by atoms with Crippen LogP contribution >= 0.6 is 23.2 Å². The molecule has 0 fully saturated rings. The van der Waals surface area contributed by atoms with Crippen LogP contribution in [0.15, 0.2) is 6.07 Å². The number of hydrazine groups is 1. The summed E-state index contributed by atoms with van der Waals surface area (Å²) in [5.74, 6) is 0. The Hall–Kier alpha value is -1.80. The molecule has 1 aromatic rings. The van der Waals surface area contributed by atoms with Crippen LogP contribution in [0, 0.1) is 10.1 Å². The minimum Gasteiger partial charge on any atom is -0.443 e. The topological polar surface area (TPSA) is 106 Å². The van der Waals surface area contributed by atoms with Crippen molar-refractivity contribution in [2.45, 2.75) is 26.4 Å². The molecule has 0 aromatic carbocycles. The summed E-state index contributed by atoms with van der Waals surface area (Å²) in [5.41, 5.74) is 3.15. The molecule has 0 atom stereocenters. The van der Waals surface area contributed by atoms with E-state index in [1.165, 1.54) is 0 Å². The zero-order valence-corrected chi connectivity index (χ0v) is 12.4. The van der Waals surface area contributed by atoms with Gasteiger partial charge in [-0.25, -0.2) is 15.2 Å². The first-order chi connectivity index (χ1) is 9.10. The number of ether oxygens (including phenoxy) is 1. The number of aromatic nitrogens is 1. The number of hydrogen-bond donors (Lipinski definition) is 2. The van der Waals surface area contributed by atoms with E-state index in [9.17, 15) is 14.9 Å². The summed E-state index contributed by atoms with van der Waals surface area (Å²) < 4.78 is 4.96. The lowest BCUT2D eigenvalue weighted by Gasteiger charge is -2.20. The molecular weight excluding hydrogens is 311 g/mol. The number of carbonyl (C=O) groups is 1. The van der Waals surface area contributed by atoms with E-state index in [1.807, 2.05) is 0 Å². The monoisotopic (exact) mass is 322 g/mol. The number of rotatable bonds is 3. The second-order valence-electron chi connectivity index (χ2n) is 4.64. The number of anilines is 1. The van der Waals surface area contributed by atoms with Crippen LogP contribution in [0.5, 0.6) is 0 Å². The number of nitro groups is 1. The molecule has 110 valence electrons. The van der Waals surface area contributed by atoms with Crippen LogP contribution in [-0.2, 0) is 4.74 Å². The van der Waals surface area contributed by atoms with Gasteiger partial charge >= 0.3 is 11.8 Å². The first-order valence-electron chi connectivity index (χ1n) is 5.35. The molecule has 0 bridgehead atoms. The Balaban J connectivity index is 2.88. The maximum absolute atomic E-state index is 11.4. The third-order valence-electron chi connectivity index (χ3n) is 1.80. The maximum atomic E-state index is 11.4. The summed E-state index contributed by atoms with van der Waals surface area (Å²) in [5, 5.41) is 10.4. The van der Waals surface area contributed by atoms with Crippen molar-refractivity contribution in [1.82, 2.24) is 10.4 Å². The highest BCUT2D eigenvalue weighted by atomic mass is 35.5. The van der Waals surface area contributed by atoms with E-state index in [-0.39, 0.29) is 10.8 Å². The van der Waals surface area contributed by atoms with Crippen molar-refractivity contribution in [2.75, 3.05) is 5.43 Å². The predicted molar refractivity (Wildman–Crippen MR) is 73.9 cm³/mol. The minimum absolute atomic E-state index is 0.0610. The van der Waals surface area contributed by atoms with E-state index in [1.54, 1.807) is 20.8 Å². The van der Waals surface area contributed by atoms with Crippen LogP contribution < -0.4 is 10.9 Å². The van der Waals surface area contributed by atoms with Gasteiger partial charge in [-0.3, -0.25) is 15.5 Å². The first kappa shape index (κ1) is 16.3. The second kappa shape index (κ2) is 6.10. The highest BCUT2D eigenvalue weighted by Gasteiger charge is 2.23. The Morgan fingerprint density at radius 3 is 2.55 bits per heavy atom. The quantitative estimate of drug-likeness (QED) is 0.503. The molecule has 0 aliphatic rings. The smallest absolute Gasteiger partial charge is 0.426 e. The number of nitrogens with one attached hydrogen (secondary N) is 2. The number of pyridine rings is 1. The first-order valence-corrected chi connectivity index (χ1v) is 6.11. The van der Waals surface area contributed by atoms with Gasteiger partial charge in [0, 0.05) is 6.07 Å². The van der Waals surface area contributed by atoms with E-state index in [2.05, 4.69) is 15.8 Å². The zero-order chi connectivity index (χ0) is 15.5. The largest absolute Gasteiger partial charge is 0.443 e. The summed E-state index contributed by atoms with van der Waals surface area (Å²) in [6.45, 7) is 5.03. The summed E-state index contributed by atoms with van der Waals surface area (Å²) >= 11 is 11.3. The Bertz CT molecular complexity index is 545. The zero-order valence-electron chi connectivity index (χ0n) is 10.9. The van der Waals surface area contributed by atoms with Gasteiger partial charge in [0.05, 0.1) is 4.92 Å². The van der Waals surface area contributed by atoms with Gasteiger partial charge in [-0.05, 0) is 20.8 Å². The number of hydrogen-bond acceptors (Lipinski definition) is 6. The van der Waals surface area contributed by atoms with E-state index in [0.29, 0.717) is 0 Å². The average Bonchev–Trinajstić information content (AvgIpc) is 2.22. The lowest BCUT2D eigenvalue weighted by atomic mass is 10.2. The molecule has 2 N–H and O–H groups in total. The molecule has 0 saturated carbocycles. The molecule has 0 aliphatic carbocycles. The third kappa shape index (κ3) is 4.71. The van der Waals surface area contributed by atoms with Crippen molar-refractivity contribution in [2.24, 2.45) is 0 Å². The SMILES string of the molecule is CC(C)(C)OC(=O)NNc1cc(Cl)nc(Cl)c1[N+](=O)[O-]. The van der Waals surface area contributed by atoms with Crippen LogP contribution in [0.4, 0.5) is 16.2 Å². The van der Waals surface area contributed by atoms with Crippen LogP contribution in [-0.4, -0.2) is 21.6 Å². The molecule has 0 unspecified atom stereocenters. The molecule has 8 nitrogen and oxygen atoms in total. The molecule has 1 rings (SSSR count). The van der Waals surface area contributed by atoms with Gasteiger partial charge in [-0.2, -0.15) is 0 Å². The highest BCUT2D eigenvalue weighted by molar-refractivity contribution is 6.34. The van der Waals surface area contributed by atoms with E-state index in [0.717, 1.165) is 6.07 Å². The summed E-state index contributed by atoms with van der Waals surface area (Å²) in [7, 11) is 0. The van der Waals surface area contributed by atoms with Gasteiger partial charge in [-0.15, -0.1) is 0 Å². The van der Waals surface area contributed by atoms with Crippen molar-refractivity contribution >= 4 is 40.7 Å². The predicted octanol–water partition coefficient (Wildman–Crippen LogP) is 3.15. The number of nitrogens with zero attached hydrogens (tertiary/aromatic N) is 2. The average molecular weight is 323 g/mol. The number of amides is 1. The Kier molecular flexibility index (Phi) is 4.96. The second-order valence-corrected chi connectivity index (χ2v) is 5.39. The van der Waals surface area contributed by atoms with Crippen LogP contribution in [0.25, 0.3) is 0 Å². The molecule has 10 heteroatoms. The van der Waals surface area contributed by atoms with Crippen LogP contribution in [0.3, 0.4) is 0 Å². The van der Waals surface area contributed by atoms with Crippen molar-refractivity contribution < 1.29 is 14.5 Å². The molecule has 1 aromatic heterocycles. The Morgan fingerprint density at radius 1 is 1.45 bits per heavy atom. The molecule has 1 heterocycles. The minimum atomic E-state index is -0.809. The van der Waals surface area contributed by atoms with Gasteiger partial charge in [0.15, 0.2) is 0 Å². The van der Waals surface area contributed by atoms with E-state index < -0.39 is 27.5 Å². The van der Waals surface area contributed by atoms with Crippen molar-refractivity contribution in [3.63, 3.8) is 0 Å². The van der Waals surface area contributed by atoms with E-state index in [4.69, 9.17) is 27.9 Å². The summed E-state index contributed by atoms with van der Waals surface area (Å²) in [6.07, 6.45) is -0.809. The number of halogens is 2. The number of carbonyl (C=O) groups excluding carboxylic acids is 1. The van der Waals surface area contributed by atoms with Gasteiger partial charge < -0.3 is 4.74 Å². The van der Waals surface area contributed by atoms with Gasteiger partial charge in [0.1, 0.15) is 16.4 Å². The van der Waals surface area contributed by atoms with Crippen molar-refractivity contribution in [3.05, 3.63) is 26.5 Å². The van der Waals surface area contributed by atoms with Gasteiger partial charge in [0.25, 0.3) is 0 Å². The van der Waals surface area contributed by atoms with Gasteiger partial charge in [0.2, 0.25) is 5.15 Å². The summed E-state index contributed by atoms with van der Waals surface area (Å²) in [6, 6.07) is 1.16. The molecule has 1 amide bonds. The molecule has 20 heavy (non-hydrogen) atoms. The van der Waals surface area contributed by atoms with Gasteiger partial charge in [-0.1, -0.05) is 23.2 Å². The maximum Gasteiger partial charge on any atom is 0.426 e. The highest BCUT2D eigenvalue weighted by Crippen LogP contribution is 2.32. The Morgan fingerprint density at radius 2 is 2.05 bits per heavy atom.